The third-order valence-electron chi connectivity index (χ3n) is 4.75. The average molecular weight is 558 g/mol. The largest absolute Gasteiger partial charge is 0.357 e. The molecule has 0 atom stereocenters. The van der Waals surface area contributed by atoms with Crippen LogP contribution in [0.3, 0.4) is 0 Å². The molecular formula is C23H27IN8O. The van der Waals surface area contributed by atoms with Gasteiger partial charge in [0.2, 0.25) is 0 Å². The van der Waals surface area contributed by atoms with Crippen LogP contribution in [0.2, 0.25) is 0 Å². The van der Waals surface area contributed by atoms with E-state index in [1.54, 1.807) is 12.4 Å². The molecule has 2 N–H and O–H groups in total. The van der Waals surface area contributed by atoms with E-state index in [0.29, 0.717) is 36.9 Å². The lowest BCUT2D eigenvalue weighted by atomic mass is 10.1. The number of rotatable bonds is 9. The van der Waals surface area contributed by atoms with Crippen molar-refractivity contribution in [1.82, 2.24) is 35.5 Å². The topological polar surface area (TPSA) is 106 Å². The summed E-state index contributed by atoms with van der Waals surface area (Å²) in [5.41, 5.74) is 3.03. The average Bonchev–Trinajstić information content (AvgIpc) is 3.51. The molecular weight excluding hydrogens is 531 g/mol. The molecule has 0 aliphatic heterocycles. The first-order chi connectivity index (χ1) is 15.8. The molecule has 3 heterocycles. The molecule has 0 aliphatic carbocycles. The number of aromatic nitrogens is 5. The fourth-order valence-electron chi connectivity index (χ4n) is 3.18. The van der Waals surface area contributed by atoms with E-state index in [9.17, 15) is 0 Å². The van der Waals surface area contributed by atoms with Gasteiger partial charge in [-0.05, 0) is 36.2 Å². The maximum Gasteiger partial charge on any atom is 0.276 e. The Morgan fingerprint density at radius 2 is 1.88 bits per heavy atom. The van der Waals surface area contributed by atoms with E-state index in [1.807, 2.05) is 54.2 Å². The monoisotopic (exact) mass is 558 g/mol. The fraction of sp³-hybridized carbons (Fsp3) is 0.261. The van der Waals surface area contributed by atoms with Crippen molar-refractivity contribution in [3.05, 3.63) is 84.1 Å². The van der Waals surface area contributed by atoms with E-state index >= 15 is 0 Å². The number of benzene rings is 1. The number of guanidine groups is 1. The Morgan fingerprint density at radius 1 is 1.03 bits per heavy atom. The third kappa shape index (κ3) is 7.11. The van der Waals surface area contributed by atoms with Crippen molar-refractivity contribution < 1.29 is 4.52 Å². The molecule has 4 rings (SSSR count). The quantitative estimate of drug-likeness (QED) is 0.185. The number of aliphatic imine (C=N–C) groups is 1. The third-order valence-corrected chi connectivity index (χ3v) is 4.75. The molecule has 3 aromatic heterocycles. The Bertz CT molecular complexity index is 1130. The van der Waals surface area contributed by atoms with Crippen LogP contribution in [0.5, 0.6) is 0 Å². The zero-order valence-corrected chi connectivity index (χ0v) is 20.7. The maximum absolute atomic E-state index is 5.31. The molecule has 172 valence electrons. The number of pyridine rings is 1. The highest BCUT2D eigenvalue weighted by atomic mass is 127. The molecule has 10 heteroatoms. The van der Waals surface area contributed by atoms with E-state index < -0.39 is 0 Å². The van der Waals surface area contributed by atoms with Crippen LogP contribution in [0.25, 0.3) is 11.6 Å². The molecule has 0 saturated heterocycles. The zero-order valence-electron chi connectivity index (χ0n) is 18.4. The highest BCUT2D eigenvalue weighted by Gasteiger charge is 2.10. The van der Waals surface area contributed by atoms with Gasteiger partial charge in [-0.2, -0.15) is 10.1 Å². The van der Waals surface area contributed by atoms with Crippen molar-refractivity contribution in [2.24, 2.45) is 4.99 Å². The second-order valence-corrected chi connectivity index (χ2v) is 7.08. The Hall–Kier alpha value is -3.28. The number of hydrogen-bond acceptors (Lipinski definition) is 6. The van der Waals surface area contributed by atoms with Gasteiger partial charge < -0.3 is 15.2 Å². The molecule has 0 amide bonds. The van der Waals surface area contributed by atoms with Crippen molar-refractivity contribution in [1.29, 1.82) is 0 Å². The molecule has 1 aromatic carbocycles. The predicted octanol–water partition coefficient (Wildman–Crippen LogP) is 3.29. The number of nitrogens with zero attached hydrogens (tertiary/aromatic N) is 6. The molecule has 0 bridgehead atoms. The minimum absolute atomic E-state index is 0. The van der Waals surface area contributed by atoms with Crippen LogP contribution in [0.1, 0.15) is 23.9 Å². The molecule has 0 aliphatic rings. The fourth-order valence-corrected chi connectivity index (χ4v) is 3.18. The van der Waals surface area contributed by atoms with Crippen LogP contribution in [0.4, 0.5) is 0 Å². The zero-order chi connectivity index (χ0) is 22.0. The summed E-state index contributed by atoms with van der Waals surface area (Å²) in [5, 5.41) is 15.0. The van der Waals surface area contributed by atoms with Gasteiger partial charge in [-0.15, -0.1) is 24.0 Å². The first-order valence-corrected chi connectivity index (χ1v) is 10.6. The first kappa shape index (κ1) is 24.4. The molecule has 0 unspecified atom stereocenters. The summed E-state index contributed by atoms with van der Waals surface area (Å²) in [6.45, 7) is 4.73. The van der Waals surface area contributed by atoms with Crippen LogP contribution < -0.4 is 10.6 Å². The predicted molar refractivity (Wildman–Crippen MR) is 137 cm³/mol. The van der Waals surface area contributed by atoms with Gasteiger partial charge in [0.25, 0.3) is 5.89 Å². The van der Waals surface area contributed by atoms with E-state index in [-0.39, 0.29) is 24.0 Å². The van der Waals surface area contributed by atoms with Crippen molar-refractivity contribution in [2.75, 3.05) is 13.1 Å². The first-order valence-electron chi connectivity index (χ1n) is 10.6. The summed E-state index contributed by atoms with van der Waals surface area (Å²) in [7, 11) is 0. The number of nitrogens with one attached hydrogen (secondary N) is 2. The Balaban J connectivity index is 0.00000306. The molecule has 0 saturated carbocycles. The van der Waals surface area contributed by atoms with Crippen molar-refractivity contribution in [3.63, 3.8) is 0 Å². The minimum atomic E-state index is 0. The van der Waals surface area contributed by atoms with E-state index in [4.69, 9.17) is 9.52 Å². The van der Waals surface area contributed by atoms with Gasteiger partial charge in [0, 0.05) is 38.1 Å². The summed E-state index contributed by atoms with van der Waals surface area (Å²) in [5.74, 6) is 1.79. The van der Waals surface area contributed by atoms with Gasteiger partial charge in [-0.25, -0.2) is 4.99 Å². The highest BCUT2D eigenvalue weighted by Crippen LogP contribution is 2.13. The molecule has 0 spiro atoms. The van der Waals surface area contributed by atoms with Crippen molar-refractivity contribution in [3.8, 4) is 11.6 Å². The summed E-state index contributed by atoms with van der Waals surface area (Å²) in [6.07, 6.45) is 6.06. The van der Waals surface area contributed by atoms with Crippen LogP contribution in [0.15, 0.2) is 76.6 Å². The van der Waals surface area contributed by atoms with Crippen LogP contribution in [0, 0.1) is 0 Å². The van der Waals surface area contributed by atoms with Crippen LogP contribution >= 0.6 is 24.0 Å². The normalized spacial score (nSPS) is 11.1. The van der Waals surface area contributed by atoms with E-state index in [2.05, 4.69) is 43.0 Å². The lowest BCUT2D eigenvalue weighted by molar-refractivity contribution is 0.421. The Kier molecular flexibility index (Phi) is 9.36. The van der Waals surface area contributed by atoms with Gasteiger partial charge in [0.05, 0.1) is 13.1 Å². The summed E-state index contributed by atoms with van der Waals surface area (Å²) < 4.78 is 7.23. The molecule has 4 aromatic rings. The minimum Gasteiger partial charge on any atom is -0.357 e. The molecule has 33 heavy (non-hydrogen) atoms. The second kappa shape index (κ2) is 12.7. The van der Waals surface area contributed by atoms with Gasteiger partial charge in [0.1, 0.15) is 5.69 Å². The molecule has 9 nitrogen and oxygen atoms in total. The van der Waals surface area contributed by atoms with Gasteiger partial charge in [-0.1, -0.05) is 35.5 Å². The highest BCUT2D eigenvalue weighted by molar-refractivity contribution is 14.0. The van der Waals surface area contributed by atoms with Gasteiger partial charge in [-0.3, -0.25) is 9.67 Å². The van der Waals surface area contributed by atoms with Crippen LogP contribution in [-0.2, 0) is 19.5 Å². The second-order valence-electron chi connectivity index (χ2n) is 7.08. The van der Waals surface area contributed by atoms with Crippen molar-refractivity contribution in [2.45, 2.75) is 26.4 Å². The Labute approximate surface area is 209 Å². The Morgan fingerprint density at radius 3 is 2.64 bits per heavy atom. The van der Waals surface area contributed by atoms with E-state index in [1.165, 1.54) is 11.1 Å². The SMILES string of the molecule is CCNC(=NCc1ccccc1Cn1cccn1)NCCc1noc(-c2ccccn2)n1.I. The van der Waals surface area contributed by atoms with Crippen molar-refractivity contribution >= 4 is 29.9 Å². The maximum atomic E-state index is 5.31. The molecule has 0 radical (unpaired) electrons. The smallest absolute Gasteiger partial charge is 0.276 e. The number of halogens is 1. The van der Waals surface area contributed by atoms with Gasteiger partial charge >= 0.3 is 0 Å². The summed E-state index contributed by atoms with van der Waals surface area (Å²) in [4.78, 5) is 13.4. The lowest BCUT2D eigenvalue weighted by Crippen LogP contribution is -2.38. The summed E-state index contributed by atoms with van der Waals surface area (Å²) in [6, 6.07) is 15.8. The standard InChI is InChI=1S/C23H26N8O.HI/c1-2-24-23(26-14-11-21-29-22(32-30-21)20-10-5-6-12-25-20)27-16-18-8-3-4-9-19(18)17-31-15-7-13-28-31;/h3-10,12-13,15H,2,11,14,16-17H2,1H3,(H2,24,26,27);1H. The number of hydrogen-bond donors (Lipinski definition) is 2. The van der Waals surface area contributed by atoms with E-state index in [0.717, 1.165) is 19.0 Å². The van der Waals surface area contributed by atoms with Gasteiger partial charge in [0.15, 0.2) is 11.8 Å². The summed E-state index contributed by atoms with van der Waals surface area (Å²) >= 11 is 0. The molecule has 0 fully saturated rings. The van der Waals surface area contributed by atoms with Crippen LogP contribution in [-0.4, -0.2) is 44.0 Å². The lowest BCUT2D eigenvalue weighted by Gasteiger charge is -2.12.